The number of anilines is 2. The summed E-state index contributed by atoms with van der Waals surface area (Å²) in [6.45, 7) is 5.11. The van der Waals surface area contributed by atoms with Gasteiger partial charge in [0, 0.05) is 12.1 Å². The largest absolute Gasteiger partial charge is 0.397 e. The van der Waals surface area contributed by atoms with Crippen molar-refractivity contribution < 1.29 is 4.63 Å². The molecular formula is C12H19N5O. The highest BCUT2D eigenvalue weighted by Crippen LogP contribution is 2.25. The van der Waals surface area contributed by atoms with Crippen LogP contribution < -0.4 is 11.1 Å². The Balaban J connectivity index is 2.23. The SMILES string of the molecule is CN(C)C(C)(C)CNc1ccc(N)c2nonc12. The summed E-state index contributed by atoms with van der Waals surface area (Å²) in [5.41, 5.74) is 8.56. The first-order valence-electron chi connectivity index (χ1n) is 5.84. The van der Waals surface area contributed by atoms with Gasteiger partial charge < -0.3 is 16.0 Å². The molecule has 0 fully saturated rings. The fraction of sp³-hybridized carbons (Fsp3) is 0.500. The molecule has 2 rings (SSSR count). The lowest BCUT2D eigenvalue weighted by Gasteiger charge is -2.33. The van der Waals surface area contributed by atoms with Crippen LogP contribution in [0.1, 0.15) is 13.8 Å². The molecule has 0 spiro atoms. The van der Waals surface area contributed by atoms with Gasteiger partial charge in [0.2, 0.25) is 0 Å². The molecule has 0 aliphatic carbocycles. The molecule has 0 radical (unpaired) electrons. The van der Waals surface area contributed by atoms with Crippen LogP contribution in [0.15, 0.2) is 16.8 Å². The Kier molecular flexibility index (Phi) is 3.13. The predicted octanol–water partition coefficient (Wildman–Crippen LogP) is 1.56. The first-order chi connectivity index (χ1) is 8.42. The van der Waals surface area contributed by atoms with E-state index in [1.54, 1.807) is 6.07 Å². The topological polar surface area (TPSA) is 80.2 Å². The minimum Gasteiger partial charge on any atom is -0.397 e. The Morgan fingerprint density at radius 1 is 1.28 bits per heavy atom. The van der Waals surface area contributed by atoms with Crippen molar-refractivity contribution in [2.24, 2.45) is 0 Å². The molecule has 0 atom stereocenters. The first-order valence-corrected chi connectivity index (χ1v) is 5.84. The average molecular weight is 249 g/mol. The van der Waals surface area contributed by atoms with E-state index in [1.807, 2.05) is 6.07 Å². The Bertz CT molecular complexity index is 546. The van der Waals surface area contributed by atoms with Crippen LogP contribution in [0.3, 0.4) is 0 Å². The smallest absolute Gasteiger partial charge is 0.160 e. The van der Waals surface area contributed by atoms with E-state index in [-0.39, 0.29) is 5.54 Å². The van der Waals surface area contributed by atoms with Crippen LogP contribution in [0.25, 0.3) is 11.0 Å². The third kappa shape index (κ3) is 2.24. The number of nitrogens with two attached hydrogens (primary N) is 1. The fourth-order valence-corrected chi connectivity index (χ4v) is 1.50. The molecule has 6 heteroatoms. The molecule has 0 aliphatic rings. The fourth-order valence-electron chi connectivity index (χ4n) is 1.50. The van der Waals surface area contributed by atoms with Gasteiger partial charge >= 0.3 is 0 Å². The van der Waals surface area contributed by atoms with E-state index in [1.165, 1.54) is 0 Å². The number of nitrogens with one attached hydrogen (secondary N) is 1. The minimum absolute atomic E-state index is 0.0326. The molecule has 0 saturated heterocycles. The van der Waals surface area contributed by atoms with Gasteiger partial charge in [0.15, 0.2) is 11.0 Å². The summed E-state index contributed by atoms with van der Waals surface area (Å²) in [5, 5.41) is 11.0. The van der Waals surface area contributed by atoms with E-state index in [9.17, 15) is 0 Å². The van der Waals surface area contributed by atoms with Crippen LogP contribution in [-0.2, 0) is 0 Å². The van der Waals surface area contributed by atoms with Crippen molar-refractivity contribution in [2.75, 3.05) is 31.7 Å². The standard InChI is InChI=1S/C12H19N5O/c1-12(2,17(3)4)7-14-9-6-5-8(13)10-11(9)16-18-15-10/h5-6,14H,7,13H2,1-4H3. The number of rotatable bonds is 4. The normalized spacial score (nSPS) is 12.3. The highest BCUT2D eigenvalue weighted by atomic mass is 16.6. The molecule has 1 heterocycles. The summed E-state index contributed by atoms with van der Waals surface area (Å²) in [4.78, 5) is 2.16. The lowest BCUT2D eigenvalue weighted by molar-refractivity contribution is 0.210. The van der Waals surface area contributed by atoms with Crippen LogP contribution in [0.4, 0.5) is 11.4 Å². The predicted molar refractivity (Wildman–Crippen MR) is 72.5 cm³/mol. The number of nitrogens with zero attached hydrogens (tertiary/aromatic N) is 3. The molecule has 1 aromatic carbocycles. The Hall–Kier alpha value is -1.82. The minimum atomic E-state index is 0.0326. The molecule has 98 valence electrons. The quantitative estimate of drug-likeness (QED) is 0.800. The van der Waals surface area contributed by atoms with Crippen molar-refractivity contribution in [3.05, 3.63) is 12.1 Å². The second-order valence-electron chi connectivity index (χ2n) is 5.22. The van der Waals surface area contributed by atoms with Gasteiger partial charge in [-0.1, -0.05) is 0 Å². The van der Waals surface area contributed by atoms with Crippen molar-refractivity contribution in [3.8, 4) is 0 Å². The van der Waals surface area contributed by atoms with E-state index >= 15 is 0 Å². The zero-order chi connectivity index (χ0) is 13.3. The van der Waals surface area contributed by atoms with Gasteiger partial charge in [-0.05, 0) is 50.4 Å². The molecule has 2 aromatic rings. The molecule has 0 unspecified atom stereocenters. The summed E-state index contributed by atoms with van der Waals surface area (Å²) in [7, 11) is 4.11. The first kappa shape index (κ1) is 12.6. The molecule has 1 aromatic heterocycles. The summed E-state index contributed by atoms with van der Waals surface area (Å²) in [6.07, 6.45) is 0. The van der Waals surface area contributed by atoms with E-state index in [4.69, 9.17) is 10.4 Å². The lowest BCUT2D eigenvalue weighted by atomic mass is 10.0. The molecular weight excluding hydrogens is 230 g/mol. The van der Waals surface area contributed by atoms with Crippen molar-refractivity contribution in [1.29, 1.82) is 0 Å². The number of fused-ring (bicyclic) bond motifs is 1. The van der Waals surface area contributed by atoms with Crippen LogP contribution in [0.2, 0.25) is 0 Å². The second-order valence-corrected chi connectivity index (χ2v) is 5.22. The van der Waals surface area contributed by atoms with Crippen molar-refractivity contribution in [3.63, 3.8) is 0 Å². The maximum absolute atomic E-state index is 5.80. The number of hydrogen-bond acceptors (Lipinski definition) is 6. The van der Waals surface area contributed by atoms with Gasteiger partial charge in [0.05, 0.1) is 11.4 Å². The molecule has 6 nitrogen and oxygen atoms in total. The summed E-state index contributed by atoms with van der Waals surface area (Å²) in [6, 6.07) is 3.70. The number of benzene rings is 1. The van der Waals surface area contributed by atoms with Crippen LogP contribution in [0.5, 0.6) is 0 Å². The van der Waals surface area contributed by atoms with Crippen molar-refractivity contribution in [2.45, 2.75) is 19.4 Å². The monoisotopic (exact) mass is 249 g/mol. The van der Waals surface area contributed by atoms with Crippen molar-refractivity contribution in [1.82, 2.24) is 15.2 Å². The van der Waals surface area contributed by atoms with Gasteiger partial charge in [-0.15, -0.1) is 0 Å². The highest BCUT2D eigenvalue weighted by Gasteiger charge is 2.20. The molecule has 0 amide bonds. The van der Waals surface area contributed by atoms with Crippen LogP contribution in [-0.4, -0.2) is 41.4 Å². The third-order valence-electron chi connectivity index (χ3n) is 3.37. The average Bonchev–Trinajstić information content (AvgIpc) is 2.78. The van der Waals surface area contributed by atoms with Gasteiger partial charge in [0.25, 0.3) is 0 Å². The van der Waals surface area contributed by atoms with E-state index < -0.39 is 0 Å². The molecule has 0 aliphatic heterocycles. The second kappa shape index (κ2) is 4.45. The van der Waals surface area contributed by atoms with Gasteiger partial charge in [-0.25, -0.2) is 4.63 Å². The number of hydrogen-bond donors (Lipinski definition) is 2. The number of likely N-dealkylation sites (N-methyl/N-ethyl adjacent to an activating group) is 1. The Labute approximate surface area is 106 Å². The lowest BCUT2D eigenvalue weighted by Crippen LogP contribution is -2.44. The van der Waals surface area contributed by atoms with Crippen LogP contribution in [0, 0.1) is 0 Å². The van der Waals surface area contributed by atoms with E-state index in [2.05, 4.69) is 48.5 Å². The van der Waals surface area contributed by atoms with Gasteiger partial charge in [-0.2, -0.15) is 0 Å². The summed E-state index contributed by atoms with van der Waals surface area (Å²) >= 11 is 0. The maximum atomic E-state index is 5.80. The summed E-state index contributed by atoms with van der Waals surface area (Å²) in [5.74, 6) is 0. The Morgan fingerprint density at radius 2 is 1.94 bits per heavy atom. The third-order valence-corrected chi connectivity index (χ3v) is 3.37. The molecule has 0 saturated carbocycles. The molecule has 3 N–H and O–H groups in total. The van der Waals surface area contributed by atoms with Gasteiger partial charge in [0.1, 0.15) is 0 Å². The highest BCUT2D eigenvalue weighted by molar-refractivity contribution is 5.94. The molecule has 0 bridgehead atoms. The van der Waals surface area contributed by atoms with E-state index in [0.717, 1.165) is 12.2 Å². The van der Waals surface area contributed by atoms with E-state index in [0.29, 0.717) is 16.7 Å². The number of nitrogen functional groups attached to an aromatic ring is 1. The Morgan fingerprint density at radius 3 is 2.61 bits per heavy atom. The maximum Gasteiger partial charge on any atom is 0.160 e. The zero-order valence-electron chi connectivity index (χ0n) is 11.2. The molecule has 18 heavy (non-hydrogen) atoms. The van der Waals surface area contributed by atoms with Crippen molar-refractivity contribution >= 4 is 22.4 Å². The summed E-state index contributed by atoms with van der Waals surface area (Å²) < 4.78 is 4.74. The number of aromatic nitrogens is 2. The van der Waals surface area contributed by atoms with Gasteiger partial charge in [-0.3, -0.25) is 0 Å². The van der Waals surface area contributed by atoms with Crippen LogP contribution >= 0.6 is 0 Å². The zero-order valence-corrected chi connectivity index (χ0v) is 11.2.